The van der Waals surface area contributed by atoms with Crippen LogP contribution in [0.25, 0.3) is 0 Å². The zero-order valence-electron chi connectivity index (χ0n) is 10.8. The van der Waals surface area contributed by atoms with Crippen LogP contribution < -0.4 is 10.1 Å². The first-order valence-electron chi connectivity index (χ1n) is 5.84. The van der Waals surface area contributed by atoms with E-state index in [1.165, 1.54) is 0 Å². The van der Waals surface area contributed by atoms with Gasteiger partial charge in [-0.3, -0.25) is 9.59 Å². The van der Waals surface area contributed by atoms with Crippen molar-refractivity contribution in [2.45, 2.75) is 13.3 Å². The van der Waals surface area contributed by atoms with Crippen LogP contribution in [0.2, 0.25) is 0 Å². The fraction of sp³-hybridized carbons (Fsp3) is 0.385. The Labute approximate surface area is 120 Å². The molecule has 1 aromatic carbocycles. The van der Waals surface area contributed by atoms with Gasteiger partial charge in [-0.1, -0.05) is 6.92 Å². The number of amides is 1. The summed E-state index contributed by atoms with van der Waals surface area (Å²) in [6.07, 6.45) is 0.474. The number of carbonyl (C=O) groups is 2. The van der Waals surface area contributed by atoms with Crippen LogP contribution in [0.15, 0.2) is 22.7 Å². The van der Waals surface area contributed by atoms with Crippen molar-refractivity contribution in [2.75, 3.05) is 13.7 Å². The van der Waals surface area contributed by atoms with Crippen LogP contribution in [0.3, 0.4) is 0 Å². The van der Waals surface area contributed by atoms with E-state index in [0.29, 0.717) is 22.2 Å². The van der Waals surface area contributed by atoms with Gasteiger partial charge in [0.2, 0.25) is 0 Å². The third-order valence-electron chi connectivity index (χ3n) is 2.77. The van der Waals surface area contributed by atoms with Gasteiger partial charge in [-0.15, -0.1) is 0 Å². The number of aliphatic carboxylic acids is 1. The average molecular weight is 330 g/mol. The zero-order valence-corrected chi connectivity index (χ0v) is 12.4. The number of carboxylic acid groups (broad SMARTS) is 1. The molecule has 6 heteroatoms. The summed E-state index contributed by atoms with van der Waals surface area (Å²) < 4.78 is 5.74. The minimum absolute atomic E-state index is 0.119. The Kier molecular flexibility index (Phi) is 5.82. The van der Waals surface area contributed by atoms with Gasteiger partial charge >= 0.3 is 5.97 Å². The predicted octanol–water partition coefficient (Wildman–Crippen LogP) is 2.30. The number of nitrogens with one attached hydrogen (secondary N) is 1. The number of carbonyl (C=O) groups excluding carboxylic acids is 1. The number of halogens is 1. The lowest BCUT2D eigenvalue weighted by atomic mass is 10.1. The summed E-state index contributed by atoms with van der Waals surface area (Å²) in [7, 11) is 1.54. The lowest BCUT2D eigenvalue weighted by Crippen LogP contribution is -2.32. The molecule has 0 fully saturated rings. The largest absolute Gasteiger partial charge is 0.496 e. The van der Waals surface area contributed by atoms with Crippen LogP contribution in [0.5, 0.6) is 5.75 Å². The molecule has 0 aliphatic carbocycles. The predicted molar refractivity (Wildman–Crippen MR) is 74.4 cm³/mol. The SMILES string of the molecule is CCC(CNC(=O)c1ccc(OC)c(Br)c1)C(=O)O. The summed E-state index contributed by atoms with van der Waals surface area (Å²) >= 11 is 3.29. The summed E-state index contributed by atoms with van der Waals surface area (Å²) in [4.78, 5) is 22.7. The maximum atomic E-state index is 11.9. The Hall–Kier alpha value is -1.56. The summed E-state index contributed by atoms with van der Waals surface area (Å²) in [6, 6.07) is 4.93. The minimum atomic E-state index is -0.904. The zero-order chi connectivity index (χ0) is 14.4. The Morgan fingerprint density at radius 1 is 1.47 bits per heavy atom. The highest BCUT2D eigenvalue weighted by molar-refractivity contribution is 9.10. The smallest absolute Gasteiger partial charge is 0.308 e. The van der Waals surface area contributed by atoms with Crippen molar-refractivity contribution in [1.29, 1.82) is 0 Å². The fourth-order valence-corrected chi connectivity index (χ4v) is 2.07. The van der Waals surface area contributed by atoms with Gasteiger partial charge in [0, 0.05) is 12.1 Å². The second-order valence-electron chi connectivity index (χ2n) is 4.00. The van der Waals surface area contributed by atoms with Crippen LogP contribution in [0.1, 0.15) is 23.7 Å². The van der Waals surface area contributed by atoms with E-state index in [0.717, 1.165) is 0 Å². The quantitative estimate of drug-likeness (QED) is 0.839. The van der Waals surface area contributed by atoms with Crippen LogP contribution in [-0.2, 0) is 4.79 Å². The van der Waals surface area contributed by atoms with Crippen molar-refractivity contribution in [1.82, 2.24) is 5.32 Å². The number of rotatable bonds is 6. The molecule has 0 aliphatic rings. The summed E-state index contributed by atoms with van der Waals surface area (Å²) in [6.45, 7) is 1.89. The highest BCUT2D eigenvalue weighted by Gasteiger charge is 2.16. The molecule has 5 nitrogen and oxygen atoms in total. The van der Waals surface area contributed by atoms with Gasteiger partial charge in [0.15, 0.2) is 0 Å². The number of methoxy groups -OCH3 is 1. The second kappa shape index (κ2) is 7.13. The van der Waals surface area contributed by atoms with E-state index >= 15 is 0 Å². The maximum Gasteiger partial charge on any atom is 0.308 e. The van der Waals surface area contributed by atoms with Gasteiger partial charge in [-0.25, -0.2) is 0 Å². The Bertz CT molecular complexity index is 476. The lowest BCUT2D eigenvalue weighted by Gasteiger charge is -2.11. The molecule has 104 valence electrons. The molecular weight excluding hydrogens is 314 g/mol. The molecule has 0 aromatic heterocycles. The van der Waals surface area contributed by atoms with Crippen LogP contribution in [0.4, 0.5) is 0 Å². The standard InChI is InChI=1S/C13H16BrNO4/c1-3-8(13(17)18)7-15-12(16)9-4-5-11(19-2)10(14)6-9/h4-6,8H,3,7H2,1-2H3,(H,15,16)(H,17,18). The van der Waals surface area contributed by atoms with Gasteiger partial charge in [0.25, 0.3) is 5.91 Å². The first-order valence-corrected chi connectivity index (χ1v) is 6.63. The van der Waals surface area contributed by atoms with Crippen LogP contribution in [0, 0.1) is 5.92 Å². The number of hydrogen-bond donors (Lipinski definition) is 2. The van der Waals surface area contributed by atoms with Crippen molar-refractivity contribution < 1.29 is 19.4 Å². The molecule has 0 heterocycles. The number of ether oxygens (including phenoxy) is 1. The Balaban J connectivity index is 2.68. The molecular formula is C13H16BrNO4. The van der Waals surface area contributed by atoms with Crippen molar-refractivity contribution >= 4 is 27.8 Å². The molecule has 1 rings (SSSR count). The molecule has 2 N–H and O–H groups in total. The van der Waals surface area contributed by atoms with E-state index in [1.807, 2.05) is 0 Å². The molecule has 0 saturated carbocycles. The second-order valence-corrected chi connectivity index (χ2v) is 4.86. The first kappa shape index (κ1) is 15.5. The summed E-state index contributed by atoms with van der Waals surface area (Å²) in [5.41, 5.74) is 0.452. The van der Waals surface area contributed by atoms with Gasteiger partial charge in [-0.05, 0) is 40.5 Å². The average Bonchev–Trinajstić information content (AvgIpc) is 2.38. The number of carboxylic acids is 1. The Morgan fingerprint density at radius 2 is 2.16 bits per heavy atom. The van der Waals surface area contributed by atoms with Gasteiger partial charge in [-0.2, -0.15) is 0 Å². The molecule has 0 aliphatic heterocycles. The highest BCUT2D eigenvalue weighted by Crippen LogP contribution is 2.25. The molecule has 0 bridgehead atoms. The summed E-state index contributed by atoms with van der Waals surface area (Å²) in [5, 5.41) is 11.5. The Morgan fingerprint density at radius 3 is 2.63 bits per heavy atom. The number of benzene rings is 1. The minimum Gasteiger partial charge on any atom is -0.496 e. The van der Waals surface area contributed by atoms with E-state index in [4.69, 9.17) is 9.84 Å². The third kappa shape index (κ3) is 4.24. The molecule has 1 atom stereocenters. The highest BCUT2D eigenvalue weighted by atomic mass is 79.9. The normalized spacial score (nSPS) is 11.7. The number of hydrogen-bond acceptors (Lipinski definition) is 3. The molecule has 19 heavy (non-hydrogen) atoms. The van der Waals surface area contributed by atoms with Gasteiger partial charge < -0.3 is 15.2 Å². The van der Waals surface area contributed by atoms with Gasteiger partial charge in [0.05, 0.1) is 17.5 Å². The maximum absolute atomic E-state index is 11.9. The lowest BCUT2D eigenvalue weighted by molar-refractivity contribution is -0.141. The van der Waals surface area contributed by atoms with E-state index in [1.54, 1.807) is 32.2 Å². The topological polar surface area (TPSA) is 75.6 Å². The third-order valence-corrected chi connectivity index (χ3v) is 3.38. The van der Waals surface area contributed by atoms with Crippen molar-refractivity contribution in [3.63, 3.8) is 0 Å². The molecule has 0 saturated heterocycles. The monoisotopic (exact) mass is 329 g/mol. The molecule has 0 radical (unpaired) electrons. The van der Waals surface area contributed by atoms with Crippen LogP contribution in [-0.4, -0.2) is 30.6 Å². The first-order chi connectivity index (χ1) is 8.99. The molecule has 1 amide bonds. The van der Waals surface area contributed by atoms with Crippen molar-refractivity contribution in [2.24, 2.45) is 5.92 Å². The van der Waals surface area contributed by atoms with Crippen LogP contribution >= 0.6 is 15.9 Å². The summed E-state index contributed by atoms with van der Waals surface area (Å²) in [5.74, 6) is -1.14. The molecule has 1 unspecified atom stereocenters. The van der Waals surface area contributed by atoms with Crippen molar-refractivity contribution in [3.8, 4) is 5.75 Å². The molecule has 0 spiro atoms. The van der Waals surface area contributed by atoms with E-state index in [-0.39, 0.29) is 12.5 Å². The van der Waals surface area contributed by atoms with Gasteiger partial charge in [0.1, 0.15) is 5.75 Å². The molecule has 1 aromatic rings. The van der Waals surface area contributed by atoms with Crippen molar-refractivity contribution in [3.05, 3.63) is 28.2 Å². The van der Waals surface area contributed by atoms with E-state index in [2.05, 4.69) is 21.2 Å². The van der Waals surface area contributed by atoms with E-state index < -0.39 is 11.9 Å². The fourth-order valence-electron chi connectivity index (χ4n) is 1.53. The van der Waals surface area contributed by atoms with E-state index in [9.17, 15) is 9.59 Å².